The molecule has 0 radical (unpaired) electrons. The van der Waals surface area contributed by atoms with Crippen LogP contribution in [0.2, 0.25) is 0 Å². The Bertz CT molecular complexity index is 1280. The zero-order chi connectivity index (χ0) is 19.8. The lowest BCUT2D eigenvalue weighted by molar-refractivity contribution is 1.13. The number of hydrogen-bond acceptors (Lipinski definition) is 0. The molecule has 3 heteroatoms. The van der Waals surface area contributed by atoms with Gasteiger partial charge in [0.1, 0.15) is 0 Å². The van der Waals surface area contributed by atoms with Crippen LogP contribution in [-0.4, -0.2) is 4.57 Å². The van der Waals surface area contributed by atoms with Gasteiger partial charge in [-0.05, 0) is 53.6 Å². The molecule has 0 atom stereocenters. The van der Waals surface area contributed by atoms with Crippen molar-refractivity contribution in [3.63, 3.8) is 0 Å². The summed E-state index contributed by atoms with van der Waals surface area (Å²) < 4.78 is 4.53. The van der Waals surface area contributed by atoms with Gasteiger partial charge in [-0.2, -0.15) is 0 Å². The van der Waals surface area contributed by atoms with E-state index in [2.05, 4.69) is 140 Å². The van der Waals surface area contributed by atoms with E-state index in [0.717, 1.165) is 14.6 Å². The molecule has 1 aromatic heterocycles. The van der Waals surface area contributed by atoms with E-state index in [1.165, 1.54) is 33.3 Å². The molecule has 1 nitrogen and oxygen atoms in total. The highest BCUT2D eigenvalue weighted by atomic mass is 79.9. The van der Waals surface area contributed by atoms with Crippen molar-refractivity contribution in [2.75, 3.05) is 0 Å². The zero-order valence-corrected chi connectivity index (χ0v) is 18.7. The minimum Gasteiger partial charge on any atom is -0.309 e. The highest BCUT2D eigenvalue weighted by molar-refractivity contribution is 9.10. The maximum Gasteiger partial charge on any atom is 0.0619 e. The summed E-state index contributed by atoms with van der Waals surface area (Å²) in [6, 6.07) is 36.4. The fourth-order valence-electron chi connectivity index (χ4n) is 3.88. The lowest BCUT2D eigenvalue weighted by Crippen LogP contribution is -1.97. The first-order chi connectivity index (χ1) is 14.2. The molecule has 0 aliphatic rings. The van der Waals surface area contributed by atoms with Gasteiger partial charge in [-0.15, -0.1) is 0 Å². The number of fused-ring (bicyclic) bond motifs is 1. The smallest absolute Gasteiger partial charge is 0.0619 e. The first-order valence-electron chi connectivity index (χ1n) is 9.43. The number of rotatable bonds is 3. The van der Waals surface area contributed by atoms with Crippen molar-refractivity contribution in [3.05, 3.63) is 112 Å². The molecule has 0 N–H and O–H groups in total. The number of halogens is 2. The third kappa shape index (κ3) is 3.35. The van der Waals surface area contributed by atoms with E-state index in [1.54, 1.807) is 0 Å². The second-order valence-electron chi connectivity index (χ2n) is 6.93. The minimum absolute atomic E-state index is 1.08. The molecule has 0 spiro atoms. The number of aromatic nitrogens is 1. The van der Waals surface area contributed by atoms with Crippen LogP contribution in [-0.2, 0) is 0 Å². The van der Waals surface area contributed by atoms with Crippen molar-refractivity contribution in [2.24, 2.45) is 0 Å². The van der Waals surface area contributed by atoms with Crippen molar-refractivity contribution in [3.8, 4) is 28.1 Å². The van der Waals surface area contributed by atoms with E-state index in [-0.39, 0.29) is 0 Å². The van der Waals surface area contributed by atoms with Gasteiger partial charge in [0.15, 0.2) is 0 Å². The number of hydrogen-bond donors (Lipinski definition) is 0. The van der Waals surface area contributed by atoms with Crippen LogP contribution < -0.4 is 0 Å². The molecule has 140 valence electrons. The molecule has 0 amide bonds. The molecule has 5 aromatic rings. The molecule has 0 aliphatic carbocycles. The third-order valence-corrected chi connectivity index (χ3v) is 6.20. The summed E-state index contributed by atoms with van der Waals surface area (Å²) in [7, 11) is 0. The van der Waals surface area contributed by atoms with Gasteiger partial charge in [-0.1, -0.05) is 92.5 Å². The third-order valence-electron chi connectivity index (χ3n) is 5.14. The van der Waals surface area contributed by atoms with Crippen LogP contribution in [0.25, 0.3) is 39.0 Å². The molecule has 0 saturated heterocycles. The maximum absolute atomic E-state index is 3.58. The van der Waals surface area contributed by atoms with E-state index in [0.29, 0.717) is 0 Å². The van der Waals surface area contributed by atoms with Crippen LogP contribution in [0.3, 0.4) is 0 Å². The van der Waals surface area contributed by atoms with E-state index in [1.807, 2.05) is 0 Å². The Hall–Kier alpha value is -2.62. The number of nitrogens with zero attached hydrogens (tertiary/aromatic N) is 1. The Morgan fingerprint density at radius 1 is 0.517 bits per heavy atom. The largest absolute Gasteiger partial charge is 0.309 e. The first kappa shape index (κ1) is 18.4. The molecule has 0 bridgehead atoms. The number of benzene rings is 4. The molecular weight excluding hydrogens is 486 g/mol. The summed E-state index contributed by atoms with van der Waals surface area (Å²) >= 11 is 7.15. The van der Waals surface area contributed by atoms with Gasteiger partial charge in [0, 0.05) is 25.6 Å². The van der Waals surface area contributed by atoms with Gasteiger partial charge < -0.3 is 4.57 Å². The normalized spacial score (nSPS) is 11.1. The lowest BCUT2D eigenvalue weighted by atomic mass is 9.98. The minimum atomic E-state index is 1.08. The van der Waals surface area contributed by atoms with Crippen molar-refractivity contribution in [2.45, 2.75) is 0 Å². The fraction of sp³-hybridized carbons (Fsp3) is 0. The summed E-state index contributed by atoms with van der Waals surface area (Å²) in [6.45, 7) is 0. The molecule has 29 heavy (non-hydrogen) atoms. The van der Waals surface area contributed by atoms with Gasteiger partial charge in [0.2, 0.25) is 0 Å². The Kier molecular flexibility index (Phi) is 4.86. The summed E-state index contributed by atoms with van der Waals surface area (Å²) in [4.78, 5) is 0. The topological polar surface area (TPSA) is 4.93 Å². The molecule has 5 rings (SSSR count). The van der Waals surface area contributed by atoms with Crippen molar-refractivity contribution in [1.82, 2.24) is 4.57 Å². The van der Waals surface area contributed by atoms with Gasteiger partial charge in [0.05, 0.1) is 11.2 Å². The van der Waals surface area contributed by atoms with Crippen LogP contribution >= 0.6 is 31.9 Å². The SMILES string of the molecule is Brc1ccc(-c2c(-c3ccc(Br)cc3)n(-c3ccccc3)c3ccccc23)cc1. The lowest BCUT2D eigenvalue weighted by Gasteiger charge is -2.13. The van der Waals surface area contributed by atoms with Crippen molar-refractivity contribution >= 4 is 42.8 Å². The zero-order valence-electron chi connectivity index (χ0n) is 15.5. The highest BCUT2D eigenvalue weighted by Gasteiger charge is 2.20. The molecule has 0 saturated carbocycles. The quantitative estimate of drug-likeness (QED) is 0.233. The summed E-state index contributed by atoms with van der Waals surface area (Å²) in [5.41, 5.74) is 7.20. The molecule has 4 aromatic carbocycles. The summed E-state index contributed by atoms with van der Waals surface area (Å²) in [5.74, 6) is 0. The predicted octanol–water partition coefficient (Wildman–Crippen LogP) is 8.49. The van der Waals surface area contributed by atoms with Crippen molar-refractivity contribution in [1.29, 1.82) is 0 Å². The molecule has 0 fully saturated rings. The van der Waals surface area contributed by atoms with E-state index >= 15 is 0 Å². The Labute approximate surface area is 186 Å². The molecular formula is C26H17Br2N. The van der Waals surface area contributed by atoms with Gasteiger partial charge in [0.25, 0.3) is 0 Å². The highest BCUT2D eigenvalue weighted by Crippen LogP contribution is 2.43. The summed E-state index contributed by atoms with van der Waals surface area (Å²) in [5, 5.41) is 1.25. The first-order valence-corrected chi connectivity index (χ1v) is 11.0. The van der Waals surface area contributed by atoms with Crippen molar-refractivity contribution < 1.29 is 0 Å². The Balaban J connectivity index is 1.93. The monoisotopic (exact) mass is 501 g/mol. The Morgan fingerprint density at radius 3 is 1.72 bits per heavy atom. The van der Waals surface area contributed by atoms with E-state index in [9.17, 15) is 0 Å². The average Bonchev–Trinajstić information content (AvgIpc) is 3.11. The predicted molar refractivity (Wildman–Crippen MR) is 130 cm³/mol. The average molecular weight is 503 g/mol. The van der Waals surface area contributed by atoms with Gasteiger partial charge in [-0.25, -0.2) is 0 Å². The van der Waals surface area contributed by atoms with Crippen LogP contribution in [0.15, 0.2) is 112 Å². The molecule has 1 heterocycles. The second kappa shape index (κ2) is 7.66. The Morgan fingerprint density at radius 2 is 1.07 bits per heavy atom. The van der Waals surface area contributed by atoms with Crippen LogP contribution in [0.4, 0.5) is 0 Å². The van der Waals surface area contributed by atoms with Gasteiger partial charge in [-0.3, -0.25) is 0 Å². The fourth-order valence-corrected chi connectivity index (χ4v) is 4.40. The molecule has 0 unspecified atom stereocenters. The van der Waals surface area contributed by atoms with Crippen LogP contribution in [0.1, 0.15) is 0 Å². The molecule has 0 aliphatic heterocycles. The van der Waals surface area contributed by atoms with Crippen LogP contribution in [0, 0.1) is 0 Å². The summed E-state index contributed by atoms with van der Waals surface area (Å²) in [6.07, 6.45) is 0. The van der Waals surface area contributed by atoms with Crippen LogP contribution in [0.5, 0.6) is 0 Å². The van der Waals surface area contributed by atoms with Gasteiger partial charge >= 0.3 is 0 Å². The van der Waals surface area contributed by atoms with E-state index in [4.69, 9.17) is 0 Å². The second-order valence-corrected chi connectivity index (χ2v) is 8.76. The van der Waals surface area contributed by atoms with E-state index < -0.39 is 0 Å². The standard InChI is InChI=1S/C26H17Br2N/c27-20-14-10-18(11-15-20)25-23-8-4-5-9-24(23)29(22-6-2-1-3-7-22)26(25)19-12-16-21(28)17-13-19/h1-17H. The number of para-hydroxylation sites is 2. The maximum atomic E-state index is 3.58.